The van der Waals surface area contributed by atoms with Crippen LogP contribution in [0.4, 0.5) is 5.69 Å². The van der Waals surface area contributed by atoms with Crippen LogP contribution in [0.15, 0.2) is 47.6 Å². The van der Waals surface area contributed by atoms with Gasteiger partial charge in [-0.15, -0.1) is 0 Å². The second-order valence-corrected chi connectivity index (χ2v) is 5.60. The molecule has 124 valence electrons. The van der Waals surface area contributed by atoms with Crippen molar-refractivity contribution in [2.24, 2.45) is 5.10 Å². The number of nitrogens with one attached hydrogen (secondary N) is 2. The fraction of sp³-hybridized carbons (Fsp3) is 0.0625. The number of hydrogen-bond donors (Lipinski definition) is 3. The van der Waals surface area contributed by atoms with Gasteiger partial charge >= 0.3 is 0 Å². The van der Waals surface area contributed by atoms with E-state index in [0.717, 1.165) is 0 Å². The lowest BCUT2D eigenvalue weighted by atomic mass is 10.2. The molecule has 0 atom stereocenters. The van der Waals surface area contributed by atoms with Crippen LogP contribution in [0.1, 0.15) is 12.0 Å². The van der Waals surface area contributed by atoms with Crippen LogP contribution in [0, 0.1) is 0 Å². The third-order valence-electron chi connectivity index (χ3n) is 2.83. The van der Waals surface area contributed by atoms with Crippen LogP contribution in [-0.4, -0.2) is 23.1 Å². The minimum atomic E-state index is -0.598. The van der Waals surface area contributed by atoms with E-state index in [9.17, 15) is 14.7 Å². The molecular formula is C16H13Cl2N3O3. The molecule has 2 amide bonds. The Balaban J connectivity index is 1.84. The molecule has 0 saturated carbocycles. The highest BCUT2D eigenvalue weighted by Gasteiger charge is 2.09. The average molecular weight is 366 g/mol. The molecule has 0 aliphatic heterocycles. The molecule has 0 fully saturated rings. The van der Waals surface area contributed by atoms with Crippen LogP contribution in [-0.2, 0) is 9.59 Å². The monoisotopic (exact) mass is 365 g/mol. The van der Waals surface area contributed by atoms with Crippen molar-refractivity contribution in [2.45, 2.75) is 6.42 Å². The number of hydrogen-bond acceptors (Lipinski definition) is 4. The molecule has 0 saturated heterocycles. The molecule has 0 aliphatic carbocycles. The number of anilines is 1. The van der Waals surface area contributed by atoms with Gasteiger partial charge in [0, 0.05) is 21.3 Å². The Hall–Kier alpha value is -2.57. The maximum atomic E-state index is 11.7. The van der Waals surface area contributed by atoms with Gasteiger partial charge < -0.3 is 10.4 Å². The molecule has 0 bridgehead atoms. The first kappa shape index (κ1) is 17.8. The quantitative estimate of drug-likeness (QED) is 0.431. The number of rotatable bonds is 5. The van der Waals surface area contributed by atoms with Crippen molar-refractivity contribution in [3.8, 4) is 5.75 Å². The van der Waals surface area contributed by atoms with Gasteiger partial charge in [0.2, 0.25) is 11.8 Å². The molecule has 2 rings (SSSR count). The largest absolute Gasteiger partial charge is 0.507 e. The summed E-state index contributed by atoms with van der Waals surface area (Å²) >= 11 is 11.5. The van der Waals surface area contributed by atoms with Gasteiger partial charge in [-0.1, -0.05) is 23.2 Å². The van der Waals surface area contributed by atoms with Crippen LogP contribution < -0.4 is 10.7 Å². The van der Waals surface area contributed by atoms with Crippen molar-refractivity contribution >= 4 is 46.9 Å². The first-order valence-corrected chi connectivity index (χ1v) is 7.55. The van der Waals surface area contributed by atoms with E-state index in [1.54, 1.807) is 24.3 Å². The van der Waals surface area contributed by atoms with Gasteiger partial charge in [-0.2, -0.15) is 5.10 Å². The zero-order chi connectivity index (χ0) is 17.5. The second kappa shape index (κ2) is 8.33. The topological polar surface area (TPSA) is 90.8 Å². The fourth-order valence-corrected chi connectivity index (χ4v) is 2.03. The molecule has 0 radical (unpaired) electrons. The van der Waals surface area contributed by atoms with Crippen molar-refractivity contribution in [2.75, 3.05) is 5.32 Å². The van der Waals surface area contributed by atoms with Gasteiger partial charge in [-0.25, -0.2) is 5.43 Å². The molecule has 8 heteroatoms. The molecule has 6 nitrogen and oxygen atoms in total. The summed E-state index contributed by atoms with van der Waals surface area (Å²) < 4.78 is 0. The Morgan fingerprint density at radius 2 is 1.71 bits per heavy atom. The van der Waals surface area contributed by atoms with E-state index in [4.69, 9.17) is 23.2 Å². The number of nitrogens with zero attached hydrogens (tertiary/aromatic N) is 1. The summed E-state index contributed by atoms with van der Waals surface area (Å²) in [6, 6.07) is 10.9. The Bertz CT molecular complexity index is 777. The van der Waals surface area contributed by atoms with Crippen molar-refractivity contribution < 1.29 is 14.7 Å². The minimum absolute atomic E-state index is 0.0297. The highest BCUT2D eigenvalue weighted by atomic mass is 35.5. The van der Waals surface area contributed by atoms with E-state index in [2.05, 4.69) is 15.8 Å². The van der Waals surface area contributed by atoms with E-state index in [-0.39, 0.29) is 5.75 Å². The molecule has 0 unspecified atom stereocenters. The van der Waals surface area contributed by atoms with Crippen LogP contribution in [0.25, 0.3) is 0 Å². The summed E-state index contributed by atoms with van der Waals surface area (Å²) in [5.74, 6) is -1.12. The Kier molecular flexibility index (Phi) is 6.17. The third-order valence-corrected chi connectivity index (χ3v) is 3.32. The van der Waals surface area contributed by atoms with Crippen molar-refractivity contribution in [3.63, 3.8) is 0 Å². The van der Waals surface area contributed by atoms with E-state index in [1.165, 1.54) is 24.4 Å². The number of halogens is 2. The first-order chi connectivity index (χ1) is 11.4. The average Bonchev–Trinajstić information content (AvgIpc) is 2.53. The van der Waals surface area contributed by atoms with Gasteiger partial charge in [0.05, 0.1) is 6.21 Å². The van der Waals surface area contributed by atoms with Gasteiger partial charge in [0.15, 0.2) is 0 Å². The van der Waals surface area contributed by atoms with E-state index < -0.39 is 18.2 Å². The number of phenols is 1. The van der Waals surface area contributed by atoms with Gasteiger partial charge in [0.25, 0.3) is 0 Å². The van der Waals surface area contributed by atoms with Crippen LogP contribution in [0.5, 0.6) is 5.75 Å². The Morgan fingerprint density at radius 1 is 1.04 bits per heavy atom. The van der Waals surface area contributed by atoms with Crippen molar-refractivity contribution in [3.05, 3.63) is 58.1 Å². The molecule has 0 aromatic heterocycles. The maximum absolute atomic E-state index is 11.7. The molecule has 3 N–H and O–H groups in total. The molecule has 2 aromatic rings. The lowest BCUT2D eigenvalue weighted by Gasteiger charge is -2.04. The summed E-state index contributed by atoms with van der Waals surface area (Å²) in [4.78, 5) is 23.4. The summed E-state index contributed by atoms with van der Waals surface area (Å²) in [6.07, 6.45) is 0.831. The number of amides is 2. The summed E-state index contributed by atoms with van der Waals surface area (Å²) in [7, 11) is 0. The number of hydrazone groups is 1. The summed E-state index contributed by atoms with van der Waals surface area (Å²) in [6.45, 7) is 0. The highest BCUT2D eigenvalue weighted by molar-refractivity contribution is 6.31. The predicted octanol–water partition coefficient (Wildman–Crippen LogP) is 3.18. The molecule has 2 aromatic carbocycles. The molecule has 0 heterocycles. The zero-order valence-electron chi connectivity index (χ0n) is 12.3. The Labute approximate surface area is 148 Å². The second-order valence-electron chi connectivity index (χ2n) is 4.73. The number of carbonyl (C=O) groups is 2. The number of phenolic OH excluding ortho intramolecular Hbond substituents is 1. The number of benzene rings is 2. The van der Waals surface area contributed by atoms with E-state index in [1.807, 2.05) is 0 Å². The number of carbonyl (C=O) groups excluding carboxylic acids is 2. The lowest BCUT2D eigenvalue weighted by Crippen LogP contribution is -2.24. The molecule has 0 aliphatic rings. The highest BCUT2D eigenvalue weighted by Crippen LogP contribution is 2.19. The SMILES string of the molecule is O=C(CC(=O)Nc1ccc(Cl)cc1)NN=Cc1cc(Cl)ccc1O. The van der Waals surface area contributed by atoms with Gasteiger partial charge in [-0.3, -0.25) is 9.59 Å². The number of aromatic hydroxyl groups is 1. The van der Waals surface area contributed by atoms with E-state index in [0.29, 0.717) is 21.3 Å². The summed E-state index contributed by atoms with van der Waals surface area (Å²) in [5.41, 5.74) is 3.07. The van der Waals surface area contributed by atoms with Crippen molar-refractivity contribution in [1.29, 1.82) is 0 Å². The standard InChI is InChI=1S/C16H13Cl2N3O3/c17-11-1-4-13(5-2-11)20-15(23)8-16(24)21-19-9-10-7-12(18)3-6-14(10)22/h1-7,9,22H,8H2,(H,20,23)(H,21,24). The van der Waals surface area contributed by atoms with E-state index >= 15 is 0 Å². The van der Waals surface area contributed by atoms with Crippen LogP contribution >= 0.6 is 23.2 Å². The third kappa shape index (κ3) is 5.57. The summed E-state index contributed by atoms with van der Waals surface area (Å²) in [5, 5.41) is 16.8. The molecule has 24 heavy (non-hydrogen) atoms. The first-order valence-electron chi connectivity index (χ1n) is 6.80. The minimum Gasteiger partial charge on any atom is -0.507 e. The van der Waals surface area contributed by atoms with Gasteiger partial charge in [0.1, 0.15) is 12.2 Å². The smallest absolute Gasteiger partial charge is 0.249 e. The van der Waals surface area contributed by atoms with Gasteiger partial charge in [-0.05, 0) is 42.5 Å². The Morgan fingerprint density at radius 3 is 2.42 bits per heavy atom. The lowest BCUT2D eigenvalue weighted by molar-refractivity contribution is -0.126. The van der Waals surface area contributed by atoms with Crippen molar-refractivity contribution in [1.82, 2.24) is 5.43 Å². The van der Waals surface area contributed by atoms with Crippen LogP contribution in [0.3, 0.4) is 0 Å². The fourth-order valence-electron chi connectivity index (χ4n) is 1.73. The molecule has 0 spiro atoms. The maximum Gasteiger partial charge on any atom is 0.249 e. The zero-order valence-corrected chi connectivity index (χ0v) is 13.8. The predicted molar refractivity (Wildman–Crippen MR) is 93.6 cm³/mol. The van der Waals surface area contributed by atoms with Crippen LogP contribution in [0.2, 0.25) is 10.0 Å². The molecular weight excluding hydrogens is 353 g/mol. The normalized spacial score (nSPS) is 10.6.